The molecular formula is C14H14N4O2. The fourth-order valence-electron chi connectivity index (χ4n) is 2.14. The molecule has 1 aromatic heterocycles. The van der Waals surface area contributed by atoms with E-state index in [1.807, 2.05) is 18.2 Å². The Balaban J connectivity index is 1.62. The Morgan fingerprint density at radius 1 is 1.40 bits per heavy atom. The summed E-state index contributed by atoms with van der Waals surface area (Å²) in [7, 11) is 0. The highest BCUT2D eigenvalue weighted by Crippen LogP contribution is 2.28. The standard InChI is InChI=1S/C14H14N4O2/c15-8-10-3-1-4-11(7-10)9-16-14-18-17-13(20-14)12-5-2-6-19-12/h1,3-4,7,12H,2,5-6,9H2,(H,16,18)/t12-/m1/s1. The molecule has 1 aliphatic rings. The molecule has 1 aliphatic heterocycles. The van der Waals surface area contributed by atoms with Crippen LogP contribution in [0.25, 0.3) is 0 Å². The predicted molar refractivity (Wildman–Crippen MR) is 70.7 cm³/mol. The second-order valence-corrected chi connectivity index (χ2v) is 4.61. The number of nitrogens with one attached hydrogen (secondary N) is 1. The molecule has 102 valence electrons. The number of rotatable bonds is 4. The average Bonchev–Trinajstić information content (AvgIpc) is 3.16. The van der Waals surface area contributed by atoms with E-state index < -0.39 is 0 Å². The highest BCUT2D eigenvalue weighted by Gasteiger charge is 2.23. The van der Waals surface area contributed by atoms with E-state index in [0.717, 1.165) is 25.0 Å². The van der Waals surface area contributed by atoms with Crippen molar-refractivity contribution in [2.45, 2.75) is 25.5 Å². The summed E-state index contributed by atoms with van der Waals surface area (Å²) in [6.07, 6.45) is 1.88. The minimum atomic E-state index is -0.0695. The van der Waals surface area contributed by atoms with Gasteiger partial charge in [-0.2, -0.15) is 5.26 Å². The monoisotopic (exact) mass is 270 g/mol. The van der Waals surface area contributed by atoms with Gasteiger partial charge in [-0.3, -0.25) is 0 Å². The summed E-state index contributed by atoms with van der Waals surface area (Å²) in [6, 6.07) is 9.86. The second kappa shape index (κ2) is 5.72. The lowest BCUT2D eigenvalue weighted by atomic mass is 10.1. The first-order valence-corrected chi connectivity index (χ1v) is 6.53. The summed E-state index contributed by atoms with van der Waals surface area (Å²) < 4.78 is 11.0. The van der Waals surface area contributed by atoms with Gasteiger partial charge in [0.1, 0.15) is 6.10 Å². The minimum absolute atomic E-state index is 0.0695. The van der Waals surface area contributed by atoms with Crippen LogP contribution in [-0.4, -0.2) is 16.8 Å². The first kappa shape index (κ1) is 12.6. The van der Waals surface area contributed by atoms with Crippen molar-refractivity contribution in [3.63, 3.8) is 0 Å². The summed E-state index contributed by atoms with van der Waals surface area (Å²) >= 11 is 0. The fourth-order valence-corrected chi connectivity index (χ4v) is 2.14. The maximum absolute atomic E-state index is 8.85. The van der Waals surface area contributed by atoms with E-state index in [9.17, 15) is 0 Å². The van der Waals surface area contributed by atoms with Crippen molar-refractivity contribution in [3.05, 3.63) is 41.3 Å². The first-order chi connectivity index (χ1) is 9.85. The van der Waals surface area contributed by atoms with Gasteiger partial charge in [-0.1, -0.05) is 17.2 Å². The van der Waals surface area contributed by atoms with E-state index in [1.54, 1.807) is 6.07 Å². The van der Waals surface area contributed by atoms with Crippen LogP contribution in [-0.2, 0) is 11.3 Å². The van der Waals surface area contributed by atoms with Crippen molar-refractivity contribution >= 4 is 6.01 Å². The molecule has 2 aromatic rings. The molecule has 0 amide bonds. The Bertz CT molecular complexity index is 626. The van der Waals surface area contributed by atoms with Gasteiger partial charge in [-0.25, -0.2) is 0 Å². The Morgan fingerprint density at radius 3 is 3.15 bits per heavy atom. The number of nitrogens with zero attached hydrogens (tertiary/aromatic N) is 3. The maximum Gasteiger partial charge on any atom is 0.315 e. The average molecular weight is 270 g/mol. The molecular weight excluding hydrogens is 256 g/mol. The molecule has 1 atom stereocenters. The summed E-state index contributed by atoms with van der Waals surface area (Å²) in [4.78, 5) is 0. The van der Waals surface area contributed by atoms with E-state index in [-0.39, 0.29) is 6.10 Å². The van der Waals surface area contributed by atoms with Gasteiger partial charge in [-0.05, 0) is 30.5 Å². The van der Waals surface area contributed by atoms with Crippen LogP contribution in [0.15, 0.2) is 28.7 Å². The van der Waals surface area contributed by atoms with Gasteiger partial charge < -0.3 is 14.5 Å². The van der Waals surface area contributed by atoms with Crippen LogP contribution in [0.1, 0.15) is 36.0 Å². The molecule has 3 rings (SSSR count). The van der Waals surface area contributed by atoms with Gasteiger partial charge >= 0.3 is 6.01 Å². The molecule has 0 radical (unpaired) electrons. The topological polar surface area (TPSA) is 84.0 Å². The summed E-state index contributed by atoms with van der Waals surface area (Å²) in [5.74, 6) is 0.524. The van der Waals surface area contributed by atoms with Gasteiger partial charge in [0, 0.05) is 13.2 Å². The van der Waals surface area contributed by atoms with Crippen LogP contribution >= 0.6 is 0 Å². The Labute approximate surface area is 116 Å². The van der Waals surface area contributed by atoms with E-state index >= 15 is 0 Å². The zero-order valence-electron chi connectivity index (χ0n) is 10.9. The van der Waals surface area contributed by atoms with Gasteiger partial charge in [0.2, 0.25) is 5.89 Å². The zero-order valence-corrected chi connectivity index (χ0v) is 10.9. The highest BCUT2D eigenvalue weighted by molar-refractivity contribution is 5.34. The van der Waals surface area contributed by atoms with Crippen molar-refractivity contribution in [1.29, 1.82) is 5.26 Å². The number of ether oxygens (including phenoxy) is 1. The third-order valence-corrected chi connectivity index (χ3v) is 3.15. The molecule has 6 heteroatoms. The highest BCUT2D eigenvalue weighted by atomic mass is 16.5. The van der Waals surface area contributed by atoms with Crippen molar-refractivity contribution in [2.75, 3.05) is 11.9 Å². The number of anilines is 1. The van der Waals surface area contributed by atoms with Crippen LogP contribution in [0.4, 0.5) is 6.01 Å². The SMILES string of the molecule is N#Cc1cccc(CNc2nnc([C@H]3CCCO3)o2)c1. The van der Waals surface area contributed by atoms with Crippen molar-refractivity contribution in [3.8, 4) is 6.07 Å². The lowest BCUT2D eigenvalue weighted by molar-refractivity contribution is 0.0897. The molecule has 1 saturated heterocycles. The van der Waals surface area contributed by atoms with E-state index in [2.05, 4.69) is 21.6 Å². The van der Waals surface area contributed by atoms with E-state index in [1.165, 1.54) is 0 Å². The van der Waals surface area contributed by atoms with Gasteiger partial charge in [-0.15, -0.1) is 5.10 Å². The molecule has 0 unspecified atom stereocenters. The van der Waals surface area contributed by atoms with Crippen LogP contribution < -0.4 is 5.32 Å². The third kappa shape index (κ3) is 2.78. The lowest BCUT2D eigenvalue weighted by Crippen LogP contribution is -1.99. The van der Waals surface area contributed by atoms with E-state index in [0.29, 0.717) is 24.0 Å². The lowest BCUT2D eigenvalue weighted by Gasteiger charge is -2.03. The molecule has 20 heavy (non-hydrogen) atoms. The molecule has 0 bridgehead atoms. The van der Waals surface area contributed by atoms with Gasteiger partial charge in [0.15, 0.2) is 0 Å². The molecule has 1 N–H and O–H groups in total. The fraction of sp³-hybridized carbons (Fsp3) is 0.357. The molecule has 2 heterocycles. The van der Waals surface area contributed by atoms with Crippen molar-refractivity contribution < 1.29 is 9.15 Å². The molecule has 0 aliphatic carbocycles. The number of aromatic nitrogens is 2. The van der Waals surface area contributed by atoms with Crippen LogP contribution in [0.5, 0.6) is 0 Å². The Morgan fingerprint density at radius 2 is 2.35 bits per heavy atom. The largest absolute Gasteiger partial charge is 0.405 e. The minimum Gasteiger partial charge on any atom is -0.405 e. The summed E-state index contributed by atoms with van der Waals surface area (Å²) in [6.45, 7) is 1.28. The molecule has 0 spiro atoms. The van der Waals surface area contributed by atoms with Crippen molar-refractivity contribution in [1.82, 2.24) is 10.2 Å². The normalized spacial score (nSPS) is 17.9. The molecule has 0 saturated carbocycles. The summed E-state index contributed by atoms with van der Waals surface area (Å²) in [5, 5.41) is 19.8. The number of hydrogen-bond acceptors (Lipinski definition) is 6. The van der Waals surface area contributed by atoms with Gasteiger partial charge in [0.05, 0.1) is 11.6 Å². The number of hydrogen-bond donors (Lipinski definition) is 1. The second-order valence-electron chi connectivity index (χ2n) is 4.61. The van der Waals surface area contributed by atoms with Crippen LogP contribution in [0.3, 0.4) is 0 Å². The Hall–Kier alpha value is -2.39. The Kier molecular flexibility index (Phi) is 3.61. The van der Waals surface area contributed by atoms with E-state index in [4.69, 9.17) is 14.4 Å². The quantitative estimate of drug-likeness (QED) is 0.918. The third-order valence-electron chi connectivity index (χ3n) is 3.15. The molecule has 1 aromatic carbocycles. The van der Waals surface area contributed by atoms with Crippen molar-refractivity contribution in [2.24, 2.45) is 0 Å². The maximum atomic E-state index is 8.85. The summed E-state index contributed by atoms with van der Waals surface area (Å²) in [5.41, 5.74) is 1.62. The van der Waals surface area contributed by atoms with Crippen LogP contribution in [0.2, 0.25) is 0 Å². The van der Waals surface area contributed by atoms with Gasteiger partial charge in [0.25, 0.3) is 0 Å². The number of nitriles is 1. The van der Waals surface area contributed by atoms with Crippen LogP contribution in [0, 0.1) is 11.3 Å². The number of benzene rings is 1. The smallest absolute Gasteiger partial charge is 0.315 e. The molecule has 1 fully saturated rings. The zero-order chi connectivity index (χ0) is 13.8. The predicted octanol–water partition coefficient (Wildman–Crippen LogP) is 2.40. The molecule has 6 nitrogen and oxygen atoms in total. The first-order valence-electron chi connectivity index (χ1n) is 6.53.